The van der Waals surface area contributed by atoms with Gasteiger partial charge in [-0.25, -0.2) is 0 Å². The van der Waals surface area contributed by atoms with Crippen LogP contribution in [0.4, 0.5) is 0 Å². The van der Waals surface area contributed by atoms with Crippen LogP contribution in [0.5, 0.6) is 0 Å². The van der Waals surface area contributed by atoms with Gasteiger partial charge in [0, 0.05) is 24.2 Å². The van der Waals surface area contributed by atoms with Crippen molar-refractivity contribution in [3.63, 3.8) is 0 Å². The molecule has 4 heteroatoms. The summed E-state index contributed by atoms with van der Waals surface area (Å²) >= 11 is 0. The summed E-state index contributed by atoms with van der Waals surface area (Å²) in [6, 6.07) is 19.2. The molecule has 0 fully saturated rings. The zero-order valence-corrected chi connectivity index (χ0v) is 19.9. The van der Waals surface area contributed by atoms with Gasteiger partial charge in [0.2, 0.25) is 0 Å². The van der Waals surface area contributed by atoms with Gasteiger partial charge >= 0.3 is 0 Å². The Kier molecular flexibility index (Phi) is 7.83. The average molecular weight is 375 g/mol. The number of rotatable bonds is 7. The van der Waals surface area contributed by atoms with E-state index >= 15 is 0 Å². The molecule has 140 valence electrons. The molecule has 2 nitrogen and oxygen atoms in total. The zero-order valence-electron chi connectivity index (χ0n) is 17.9. The molecule has 0 aliphatic carbocycles. The number of benzene rings is 1. The minimum Gasteiger partial charge on any atom is -0.355 e. The lowest BCUT2D eigenvalue weighted by atomic mass is 10.3. The maximum Gasteiger partial charge on any atom is 0.191 e. The first kappa shape index (κ1) is 21.9. The quantitative estimate of drug-likeness (QED) is 0.374. The predicted molar refractivity (Wildman–Crippen MR) is 118 cm³/mol. The van der Waals surface area contributed by atoms with Gasteiger partial charge in [0.05, 0.1) is 0 Å². The number of nitrogens with zero attached hydrogens (tertiary/aromatic N) is 2. The van der Waals surface area contributed by atoms with Crippen LogP contribution >= 0.6 is 0 Å². The molecule has 25 heavy (non-hydrogen) atoms. The fourth-order valence-corrected chi connectivity index (χ4v) is 7.99. The molecule has 1 aromatic carbocycles. The Morgan fingerprint density at radius 1 is 0.800 bits per heavy atom. The Labute approximate surface area is 158 Å². The molecule has 0 spiro atoms. The van der Waals surface area contributed by atoms with E-state index in [-0.39, 0.29) is 0 Å². The van der Waals surface area contributed by atoms with E-state index < -0.39 is 16.5 Å². The Bertz CT molecular complexity index is 581. The van der Waals surface area contributed by atoms with Crippen molar-refractivity contribution in [3.8, 4) is 12.1 Å². The van der Waals surface area contributed by atoms with E-state index in [1.165, 1.54) is 5.19 Å². The second kappa shape index (κ2) is 8.96. The third kappa shape index (κ3) is 5.65. The highest BCUT2D eigenvalue weighted by Crippen LogP contribution is 2.18. The Hall–Kier alpha value is -1.19. The summed E-state index contributed by atoms with van der Waals surface area (Å²) in [5.41, 5.74) is 0. The summed E-state index contributed by atoms with van der Waals surface area (Å²) in [5.74, 6) is 0. The molecule has 1 aromatic rings. The third-order valence-electron chi connectivity index (χ3n) is 5.16. The van der Waals surface area contributed by atoms with Crippen molar-refractivity contribution in [2.45, 2.75) is 85.4 Å². The summed E-state index contributed by atoms with van der Waals surface area (Å²) < 4.78 is 4.97. The predicted octanol–water partition coefficient (Wildman–Crippen LogP) is 5.05. The monoisotopic (exact) mass is 374 g/mol. The molecule has 0 amide bonds. The van der Waals surface area contributed by atoms with Crippen molar-refractivity contribution in [2.24, 2.45) is 0 Å². The molecule has 0 heterocycles. The molecule has 0 saturated heterocycles. The van der Waals surface area contributed by atoms with E-state index in [1.807, 2.05) is 0 Å². The third-order valence-corrected chi connectivity index (χ3v) is 10.7. The van der Waals surface area contributed by atoms with Crippen LogP contribution in [0.2, 0.25) is 32.7 Å². The normalized spacial score (nSPS) is 14.3. The first-order chi connectivity index (χ1) is 11.6. The van der Waals surface area contributed by atoms with Crippen LogP contribution in [0, 0.1) is 12.1 Å². The molecule has 0 aliphatic heterocycles. The zero-order chi connectivity index (χ0) is 19.3. The van der Waals surface area contributed by atoms with E-state index in [2.05, 4.69) is 112 Å². The maximum atomic E-state index is 3.64. The molecule has 0 saturated carbocycles. The molecule has 0 bridgehead atoms. The first-order valence-corrected chi connectivity index (χ1v) is 16.1. The van der Waals surface area contributed by atoms with Gasteiger partial charge in [-0.3, -0.25) is 0 Å². The van der Waals surface area contributed by atoms with Gasteiger partial charge < -0.3 is 9.13 Å². The Balaban J connectivity index is 3.30. The molecule has 2 atom stereocenters. The molecule has 0 N–H and O–H groups in total. The summed E-state index contributed by atoms with van der Waals surface area (Å²) in [4.78, 5) is 0. The summed E-state index contributed by atoms with van der Waals surface area (Å²) in [7, 11) is -3.29. The van der Waals surface area contributed by atoms with Crippen LogP contribution in [0.1, 0.15) is 40.5 Å². The van der Waals surface area contributed by atoms with Crippen molar-refractivity contribution in [3.05, 3.63) is 30.3 Å². The van der Waals surface area contributed by atoms with Gasteiger partial charge in [-0.05, 0) is 45.0 Å². The van der Waals surface area contributed by atoms with E-state index in [9.17, 15) is 0 Å². The molecule has 0 radical (unpaired) electrons. The van der Waals surface area contributed by atoms with Crippen LogP contribution in [0.15, 0.2) is 30.3 Å². The Morgan fingerprint density at radius 2 is 1.24 bits per heavy atom. The summed E-state index contributed by atoms with van der Waals surface area (Å²) in [6.07, 6.45) is 2.26. The van der Waals surface area contributed by atoms with Crippen LogP contribution in [-0.2, 0) is 0 Å². The van der Waals surface area contributed by atoms with Gasteiger partial charge in [-0.1, -0.05) is 63.8 Å². The van der Waals surface area contributed by atoms with E-state index in [0.717, 1.165) is 12.8 Å². The molecule has 2 unspecified atom stereocenters. The average Bonchev–Trinajstić information content (AvgIpc) is 2.57. The fraction of sp³-hybridized carbons (Fsp3) is 0.619. The van der Waals surface area contributed by atoms with Gasteiger partial charge in [-0.15, -0.1) is 0 Å². The SMILES string of the molecule is CCC(C)N(C#CN(C(C)CC)[Si](C)(C)c1ccccc1)[Si](C)(C)C. The first-order valence-electron chi connectivity index (χ1n) is 9.71. The minimum atomic E-state index is -1.82. The van der Waals surface area contributed by atoms with Crippen molar-refractivity contribution in [1.29, 1.82) is 0 Å². The van der Waals surface area contributed by atoms with E-state index in [4.69, 9.17) is 0 Å². The highest BCUT2D eigenvalue weighted by atomic mass is 28.3. The fourth-order valence-electron chi connectivity index (χ4n) is 3.20. The van der Waals surface area contributed by atoms with Gasteiger partial charge in [-0.2, -0.15) is 0 Å². The van der Waals surface area contributed by atoms with Gasteiger partial charge in [0.1, 0.15) is 0 Å². The van der Waals surface area contributed by atoms with Crippen molar-refractivity contribution in [1.82, 2.24) is 9.13 Å². The van der Waals surface area contributed by atoms with Crippen molar-refractivity contribution < 1.29 is 0 Å². The highest BCUT2D eigenvalue weighted by Gasteiger charge is 2.33. The van der Waals surface area contributed by atoms with Gasteiger partial charge in [0.15, 0.2) is 16.5 Å². The lowest BCUT2D eigenvalue weighted by Gasteiger charge is -2.40. The molecular formula is C21H38N2Si2. The van der Waals surface area contributed by atoms with Gasteiger partial charge in [0.25, 0.3) is 0 Å². The van der Waals surface area contributed by atoms with Crippen molar-refractivity contribution in [2.75, 3.05) is 0 Å². The molecular weight excluding hydrogens is 336 g/mol. The van der Waals surface area contributed by atoms with Crippen LogP contribution in [0.3, 0.4) is 0 Å². The minimum absolute atomic E-state index is 0.467. The lowest BCUT2D eigenvalue weighted by Crippen LogP contribution is -2.59. The standard InChI is InChI=1S/C21H38N2Si2/c1-10-19(3)22(24(5,6)7)17-18-23(20(4)11-2)25(8,9)21-15-13-12-14-16-21/h12-16,19-20H,10-11H2,1-9H3. The van der Waals surface area contributed by atoms with Crippen molar-refractivity contribution >= 4 is 21.7 Å². The molecule has 1 rings (SSSR count). The van der Waals surface area contributed by atoms with E-state index in [0.29, 0.717) is 12.1 Å². The molecule has 0 aromatic heterocycles. The smallest absolute Gasteiger partial charge is 0.191 e. The second-order valence-electron chi connectivity index (χ2n) is 8.57. The highest BCUT2D eigenvalue weighted by molar-refractivity contribution is 6.87. The summed E-state index contributed by atoms with van der Waals surface area (Å²) in [6.45, 7) is 21.2. The van der Waals surface area contributed by atoms with E-state index in [1.54, 1.807) is 0 Å². The summed E-state index contributed by atoms with van der Waals surface area (Å²) in [5, 5.41) is 1.45. The second-order valence-corrected chi connectivity index (χ2v) is 17.6. The maximum absolute atomic E-state index is 3.64. The lowest BCUT2D eigenvalue weighted by molar-refractivity contribution is 0.421. The largest absolute Gasteiger partial charge is 0.355 e. The van der Waals surface area contributed by atoms with Crippen LogP contribution in [-0.4, -0.2) is 37.7 Å². The number of hydrogen-bond donors (Lipinski definition) is 0. The topological polar surface area (TPSA) is 6.48 Å². The number of hydrogen-bond acceptors (Lipinski definition) is 2. The van der Waals surface area contributed by atoms with Crippen LogP contribution < -0.4 is 5.19 Å². The van der Waals surface area contributed by atoms with Crippen LogP contribution in [0.25, 0.3) is 0 Å². The molecule has 0 aliphatic rings. The Morgan fingerprint density at radius 3 is 1.68 bits per heavy atom.